The molecule has 1 aliphatic heterocycles. The molecule has 2 amide bonds. The molecule has 5 nitrogen and oxygen atoms in total. The van der Waals surface area contributed by atoms with Crippen molar-refractivity contribution in [1.82, 2.24) is 10.6 Å². The van der Waals surface area contributed by atoms with E-state index in [0.717, 1.165) is 38.5 Å². The second-order valence-electron chi connectivity index (χ2n) is 11.7. The van der Waals surface area contributed by atoms with Crippen LogP contribution in [0, 0.1) is 11.8 Å². The van der Waals surface area contributed by atoms with Crippen LogP contribution in [0.2, 0.25) is 0 Å². The Balaban J connectivity index is 1.15. The molecule has 4 aliphatic carbocycles. The lowest BCUT2D eigenvalue weighted by Gasteiger charge is -2.60. The molecule has 3 atom stereocenters. The molecule has 0 radical (unpaired) electrons. The first-order chi connectivity index (χ1) is 15.8. The van der Waals surface area contributed by atoms with Crippen molar-refractivity contribution < 1.29 is 14.7 Å². The predicted octanol–water partition coefficient (Wildman–Crippen LogP) is 4.01. The van der Waals surface area contributed by atoms with E-state index in [1.807, 2.05) is 12.1 Å². The van der Waals surface area contributed by atoms with Gasteiger partial charge in [-0.25, -0.2) is 0 Å². The van der Waals surface area contributed by atoms with E-state index < -0.39 is 5.60 Å². The van der Waals surface area contributed by atoms with Gasteiger partial charge >= 0.3 is 0 Å². The topological polar surface area (TPSA) is 78.4 Å². The number of benzene rings is 2. The SMILES string of the molecule is O=C(CC[C@]1(Cc2ccc3ccccc3c2)CCC(=O)N1)NC12C[C@@H]3C[C@H](CC(O)(C3)C1)C2. The van der Waals surface area contributed by atoms with E-state index in [-0.39, 0.29) is 22.9 Å². The fourth-order valence-corrected chi connectivity index (χ4v) is 7.99. The molecular weight excluding hydrogens is 412 g/mol. The molecule has 5 fully saturated rings. The van der Waals surface area contributed by atoms with Crippen molar-refractivity contribution >= 4 is 22.6 Å². The molecule has 1 heterocycles. The van der Waals surface area contributed by atoms with Crippen molar-refractivity contribution in [2.75, 3.05) is 0 Å². The highest BCUT2D eigenvalue weighted by Crippen LogP contribution is 2.57. The minimum atomic E-state index is -0.575. The summed E-state index contributed by atoms with van der Waals surface area (Å²) >= 11 is 0. The molecule has 5 heteroatoms. The van der Waals surface area contributed by atoms with Gasteiger partial charge in [0.2, 0.25) is 11.8 Å². The third kappa shape index (κ3) is 4.05. The van der Waals surface area contributed by atoms with Crippen molar-refractivity contribution in [3.05, 3.63) is 48.0 Å². The Labute approximate surface area is 195 Å². The van der Waals surface area contributed by atoms with Crippen LogP contribution in [-0.2, 0) is 16.0 Å². The van der Waals surface area contributed by atoms with E-state index >= 15 is 0 Å². The molecule has 33 heavy (non-hydrogen) atoms. The van der Waals surface area contributed by atoms with Gasteiger partial charge in [-0.1, -0.05) is 42.5 Å². The molecule has 7 rings (SSSR count). The normalized spacial score (nSPS) is 36.8. The molecule has 0 spiro atoms. The van der Waals surface area contributed by atoms with Gasteiger partial charge in [0.05, 0.1) is 5.60 Å². The lowest BCUT2D eigenvalue weighted by atomic mass is 9.51. The largest absolute Gasteiger partial charge is 0.390 e. The zero-order valence-corrected chi connectivity index (χ0v) is 19.2. The number of hydrogen-bond donors (Lipinski definition) is 3. The molecular formula is C28H34N2O3. The van der Waals surface area contributed by atoms with Gasteiger partial charge in [0.25, 0.3) is 0 Å². The van der Waals surface area contributed by atoms with Crippen LogP contribution in [0.5, 0.6) is 0 Å². The van der Waals surface area contributed by atoms with Gasteiger partial charge in [-0.15, -0.1) is 0 Å². The van der Waals surface area contributed by atoms with Crippen molar-refractivity contribution in [1.29, 1.82) is 0 Å². The van der Waals surface area contributed by atoms with Gasteiger partial charge < -0.3 is 15.7 Å². The van der Waals surface area contributed by atoms with Crippen LogP contribution in [0.3, 0.4) is 0 Å². The minimum Gasteiger partial charge on any atom is -0.390 e. The van der Waals surface area contributed by atoms with Crippen LogP contribution in [0.15, 0.2) is 42.5 Å². The predicted molar refractivity (Wildman–Crippen MR) is 127 cm³/mol. The molecule has 0 unspecified atom stereocenters. The number of nitrogens with one attached hydrogen (secondary N) is 2. The number of aliphatic hydroxyl groups is 1. The van der Waals surface area contributed by atoms with E-state index in [4.69, 9.17) is 0 Å². The van der Waals surface area contributed by atoms with Crippen LogP contribution in [0.1, 0.15) is 69.8 Å². The van der Waals surface area contributed by atoms with Crippen molar-refractivity contribution in [3.8, 4) is 0 Å². The van der Waals surface area contributed by atoms with Crippen LogP contribution in [0.25, 0.3) is 10.8 Å². The Morgan fingerprint density at radius 3 is 2.52 bits per heavy atom. The Bertz CT molecular complexity index is 1100. The van der Waals surface area contributed by atoms with Gasteiger partial charge in [-0.2, -0.15) is 0 Å². The summed E-state index contributed by atoms with van der Waals surface area (Å²) in [7, 11) is 0. The first kappa shape index (κ1) is 21.2. The first-order valence-corrected chi connectivity index (χ1v) is 12.6. The Morgan fingerprint density at radius 2 is 1.82 bits per heavy atom. The van der Waals surface area contributed by atoms with Gasteiger partial charge in [0.1, 0.15) is 0 Å². The molecule has 2 aromatic carbocycles. The highest BCUT2D eigenvalue weighted by Gasteiger charge is 2.57. The first-order valence-electron chi connectivity index (χ1n) is 12.6. The van der Waals surface area contributed by atoms with Crippen LogP contribution in [0.4, 0.5) is 0 Å². The molecule has 174 valence electrons. The molecule has 4 bridgehead atoms. The van der Waals surface area contributed by atoms with Crippen molar-refractivity contribution in [2.24, 2.45) is 11.8 Å². The van der Waals surface area contributed by atoms with Crippen LogP contribution >= 0.6 is 0 Å². The maximum absolute atomic E-state index is 13.1. The Hall–Kier alpha value is -2.40. The number of fused-ring (bicyclic) bond motifs is 1. The monoisotopic (exact) mass is 446 g/mol. The van der Waals surface area contributed by atoms with Crippen LogP contribution < -0.4 is 10.6 Å². The molecule has 5 aliphatic rings. The van der Waals surface area contributed by atoms with Gasteiger partial charge in [0, 0.05) is 23.9 Å². The third-order valence-corrected chi connectivity index (χ3v) is 8.86. The summed E-state index contributed by atoms with van der Waals surface area (Å²) in [5.74, 6) is 1.24. The maximum Gasteiger partial charge on any atom is 0.220 e. The number of amides is 2. The number of hydrogen-bond acceptors (Lipinski definition) is 3. The zero-order chi connectivity index (χ0) is 22.7. The summed E-state index contributed by atoms with van der Waals surface area (Å²) in [5, 5.41) is 20.0. The van der Waals surface area contributed by atoms with Gasteiger partial charge in [0.15, 0.2) is 0 Å². The maximum atomic E-state index is 13.1. The van der Waals surface area contributed by atoms with Crippen LogP contribution in [-0.4, -0.2) is 33.6 Å². The van der Waals surface area contributed by atoms with E-state index in [1.165, 1.54) is 22.8 Å². The number of rotatable bonds is 6. The van der Waals surface area contributed by atoms with E-state index in [2.05, 4.69) is 41.0 Å². The van der Waals surface area contributed by atoms with E-state index in [0.29, 0.717) is 37.5 Å². The molecule has 0 aromatic heterocycles. The average Bonchev–Trinajstić information content (AvgIpc) is 3.11. The van der Waals surface area contributed by atoms with Gasteiger partial charge in [-0.3, -0.25) is 9.59 Å². The summed E-state index contributed by atoms with van der Waals surface area (Å²) in [6, 6.07) is 14.8. The lowest BCUT2D eigenvalue weighted by molar-refractivity contribution is -0.151. The zero-order valence-electron chi connectivity index (χ0n) is 19.2. The fraction of sp³-hybridized carbons (Fsp3) is 0.571. The summed E-state index contributed by atoms with van der Waals surface area (Å²) in [5.41, 5.74) is 0.0324. The number of carbonyl (C=O) groups is 2. The second kappa shape index (κ2) is 7.56. The summed E-state index contributed by atoms with van der Waals surface area (Å²) in [6.07, 6.45) is 8.83. The highest BCUT2D eigenvalue weighted by molar-refractivity contribution is 5.83. The summed E-state index contributed by atoms with van der Waals surface area (Å²) in [6.45, 7) is 0. The van der Waals surface area contributed by atoms with E-state index in [9.17, 15) is 14.7 Å². The smallest absolute Gasteiger partial charge is 0.220 e. The summed E-state index contributed by atoms with van der Waals surface area (Å²) in [4.78, 5) is 25.3. The summed E-state index contributed by atoms with van der Waals surface area (Å²) < 4.78 is 0. The highest BCUT2D eigenvalue weighted by atomic mass is 16.3. The van der Waals surface area contributed by atoms with E-state index in [1.54, 1.807) is 0 Å². The van der Waals surface area contributed by atoms with Crippen molar-refractivity contribution in [2.45, 2.75) is 87.3 Å². The second-order valence-corrected chi connectivity index (χ2v) is 11.7. The Kier molecular flexibility index (Phi) is 4.84. The third-order valence-electron chi connectivity index (χ3n) is 8.86. The molecule has 4 saturated carbocycles. The minimum absolute atomic E-state index is 0.0691. The molecule has 3 N–H and O–H groups in total. The van der Waals surface area contributed by atoms with Gasteiger partial charge in [-0.05, 0) is 86.0 Å². The van der Waals surface area contributed by atoms with Crippen molar-refractivity contribution in [3.63, 3.8) is 0 Å². The average molecular weight is 447 g/mol. The molecule has 1 saturated heterocycles. The fourth-order valence-electron chi connectivity index (χ4n) is 7.99. The Morgan fingerprint density at radius 1 is 1.06 bits per heavy atom. The quantitative estimate of drug-likeness (QED) is 0.627. The molecule has 2 aromatic rings. The number of carbonyl (C=O) groups excluding carboxylic acids is 2. The standard InChI is InChI=1S/C28H34N2O3/c31-24-7-9-26(29-24,13-19-5-6-22-3-1-2-4-23(22)12-19)10-8-25(32)30-27-14-20-11-21(15-27)17-28(33,16-20)18-27/h1-6,12,20-21,33H,7-11,13-18H2,(H,29,31)(H,30,32)/t20-,21-,26-,27?,28?/m0/s1. The lowest BCUT2D eigenvalue weighted by Crippen LogP contribution is -2.65.